The molecule has 0 aliphatic carbocycles. The molecule has 4 aromatic rings. The van der Waals surface area contributed by atoms with E-state index in [1.54, 1.807) is 0 Å². The monoisotopic (exact) mass is 342 g/mol. The molecule has 130 valence electrons. The lowest BCUT2D eigenvalue weighted by Gasteiger charge is -2.21. The zero-order chi connectivity index (χ0) is 18.4. The smallest absolute Gasteiger partial charge is 0.126 e. The summed E-state index contributed by atoms with van der Waals surface area (Å²) in [5.74, 6) is 0.737. The number of hydrogen-bond donors (Lipinski definition) is 2. The molecule has 0 bridgehead atoms. The minimum absolute atomic E-state index is 0.0565. The molecular weight excluding hydrogens is 320 g/mol. The van der Waals surface area contributed by atoms with Crippen molar-refractivity contribution in [2.45, 2.75) is 26.7 Å². The Hall–Kier alpha value is -3.00. The van der Waals surface area contributed by atoms with Crippen LogP contribution in [-0.2, 0) is 0 Å². The maximum absolute atomic E-state index is 10.7. The van der Waals surface area contributed by atoms with Crippen molar-refractivity contribution < 1.29 is 10.2 Å². The van der Waals surface area contributed by atoms with Gasteiger partial charge < -0.3 is 10.2 Å². The minimum atomic E-state index is 0.0565. The van der Waals surface area contributed by atoms with Crippen LogP contribution in [0.5, 0.6) is 11.5 Å². The summed E-state index contributed by atoms with van der Waals surface area (Å²) in [7, 11) is 0. The average molecular weight is 342 g/mol. The standard InChI is InChI=1S/C24H22O2/c1-14(21-12-17-8-4-6-10-19(17)23(25)15(21)2)22-13-18-9-5-7-11-20(18)24(26)16(22)3/h4-14,25-26H,1-3H3. The second kappa shape index (κ2) is 6.06. The van der Waals surface area contributed by atoms with Crippen LogP contribution in [0.3, 0.4) is 0 Å². The normalized spacial score (nSPS) is 11.5. The van der Waals surface area contributed by atoms with Crippen LogP contribution in [0.2, 0.25) is 0 Å². The topological polar surface area (TPSA) is 40.5 Å². The van der Waals surface area contributed by atoms with Gasteiger partial charge in [-0.25, -0.2) is 0 Å². The second-order valence-corrected chi connectivity index (χ2v) is 7.04. The van der Waals surface area contributed by atoms with E-state index in [9.17, 15) is 10.2 Å². The Morgan fingerprint density at radius 2 is 1.04 bits per heavy atom. The van der Waals surface area contributed by atoms with Crippen LogP contribution in [0.4, 0.5) is 0 Å². The number of rotatable bonds is 2. The molecule has 0 atom stereocenters. The predicted molar refractivity (Wildman–Crippen MR) is 108 cm³/mol. The second-order valence-electron chi connectivity index (χ2n) is 7.04. The Bertz CT molecular complexity index is 1050. The third-order valence-electron chi connectivity index (χ3n) is 5.56. The largest absolute Gasteiger partial charge is 0.507 e. The van der Waals surface area contributed by atoms with Crippen molar-refractivity contribution in [1.82, 2.24) is 0 Å². The van der Waals surface area contributed by atoms with Gasteiger partial charge in [0.1, 0.15) is 11.5 Å². The minimum Gasteiger partial charge on any atom is -0.507 e. The molecule has 0 heterocycles. The van der Waals surface area contributed by atoms with Gasteiger partial charge in [0.25, 0.3) is 0 Å². The number of fused-ring (bicyclic) bond motifs is 2. The first kappa shape index (κ1) is 16.5. The fourth-order valence-electron chi connectivity index (χ4n) is 3.97. The van der Waals surface area contributed by atoms with Crippen molar-refractivity contribution in [3.8, 4) is 11.5 Å². The maximum atomic E-state index is 10.7. The molecule has 0 unspecified atom stereocenters. The van der Waals surface area contributed by atoms with Crippen molar-refractivity contribution in [1.29, 1.82) is 0 Å². The highest BCUT2D eigenvalue weighted by atomic mass is 16.3. The molecule has 4 rings (SSSR count). The summed E-state index contributed by atoms with van der Waals surface area (Å²) < 4.78 is 0. The first-order valence-electron chi connectivity index (χ1n) is 8.91. The Kier molecular flexibility index (Phi) is 3.84. The zero-order valence-electron chi connectivity index (χ0n) is 15.2. The number of phenolic OH excluding ortho intramolecular Hbond substituents is 2. The highest BCUT2D eigenvalue weighted by Crippen LogP contribution is 2.41. The van der Waals surface area contributed by atoms with Crippen LogP contribution in [0.15, 0.2) is 60.7 Å². The van der Waals surface area contributed by atoms with E-state index in [2.05, 4.69) is 19.1 Å². The van der Waals surface area contributed by atoms with E-state index in [-0.39, 0.29) is 5.92 Å². The first-order chi connectivity index (χ1) is 12.5. The summed E-state index contributed by atoms with van der Waals surface area (Å²) in [4.78, 5) is 0. The van der Waals surface area contributed by atoms with Gasteiger partial charge in [0, 0.05) is 16.7 Å². The van der Waals surface area contributed by atoms with Crippen LogP contribution >= 0.6 is 0 Å². The number of aromatic hydroxyl groups is 2. The summed E-state index contributed by atoms with van der Waals surface area (Å²) in [6.07, 6.45) is 0. The van der Waals surface area contributed by atoms with Crippen molar-refractivity contribution in [3.63, 3.8) is 0 Å². The van der Waals surface area contributed by atoms with Gasteiger partial charge in [-0.15, -0.1) is 0 Å². The Balaban J connectivity index is 1.95. The highest BCUT2D eigenvalue weighted by Gasteiger charge is 2.20. The van der Waals surface area contributed by atoms with Gasteiger partial charge in [-0.3, -0.25) is 0 Å². The average Bonchev–Trinajstić information content (AvgIpc) is 2.67. The van der Waals surface area contributed by atoms with E-state index in [0.717, 1.165) is 43.8 Å². The molecule has 0 radical (unpaired) electrons. The molecule has 0 fully saturated rings. The fourth-order valence-corrected chi connectivity index (χ4v) is 3.97. The molecule has 0 saturated carbocycles. The van der Waals surface area contributed by atoms with Crippen LogP contribution < -0.4 is 0 Å². The van der Waals surface area contributed by atoms with Crippen LogP contribution in [-0.4, -0.2) is 10.2 Å². The van der Waals surface area contributed by atoms with Crippen LogP contribution in [0, 0.1) is 13.8 Å². The summed E-state index contributed by atoms with van der Waals surface area (Å²) in [5, 5.41) is 25.2. The lowest BCUT2D eigenvalue weighted by molar-refractivity contribution is 0.475. The summed E-state index contributed by atoms with van der Waals surface area (Å²) in [6, 6.07) is 20.1. The summed E-state index contributed by atoms with van der Waals surface area (Å²) in [5.41, 5.74) is 3.95. The van der Waals surface area contributed by atoms with Crippen molar-refractivity contribution >= 4 is 21.5 Å². The highest BCUT2D eigenvalue weighted by molar-refractivity contribution is 5.92. The number of phenols is 2. The van der Waals surface area contributed by atoms with Gasteiger partial charge in [0.2, 0.25) is 0 Å². The molecule has 0 saturated heterocycles. The SMILES string of the molecule is Cc1c(C(C)c2cc3ccccc3c(O)c2C)cc2ccccc2c1O. The molecule has 2 heteroatoms. The molecule has 0 aliphatic heterocycles. The van der Waals surface area contributed by atoms with E-state index in [0.29, 0.717) is 11.5 Å². The molecule has 4 aromatic carbocycles. The molecule has 2 nitrogen and oxygen atoms in total. The quantitative estimate of drug-likeness (QED) is 0.457. The Labute approximate surface area is 153 Å². The van der Waals surface area contributed by atoms with E-state index in [4.69, 9.17) is 0 Å². The van der Waals surface area contributed by atoms with Gasteiger partial charge >= 0.3 is 0 Å². The molecule has 26 heavy (non-hydrogen) atoms. The summed E-state index contributed by atoms with van der Waals surface area (Å²) in [6.45, 7) is 6.06. The predicted octanol–water partition coefficient (Wildman–Crippen LogP) is 6.17. The van der Waals surface area contributed by atoms with Crippen molar-refractivity contribution in [2.24, 2.45) is 0 Å². The van der Waals surface area contributed by atoms with E-state index in [1.165, 1.54) is 0 Å². The summed E-state index contributed by atoms with van der Waals surface area (Å²) >= 11 is 0. The third kappa shape index (κ3) is 2.41. The van der Waals surface area contributed by atoms with E-state index < -0.39 is 0 Å². The molecule has 2 N–H and O–H groups in total. The van der Waals surface area contributed by atoms with E-state index in [1.807, 2.05) is 62.4 Å². The van der Waals surface area contributed by atoms with Gasteiger partial charge in [-0.1, -0.05) is 67.6 Å². The van der Waals surface area contributed by atoms with Gasteiger partial charge in [-0.2, -0.15) is 0 Å². The lowest BCUT2D eigenvalue weighted by Crippen LogP contribution is -2.02. The van der Waals surface area contributed by atoms with Crippen LogP contribution in [0.25, 0.3) is 21.5 Å². The molecule has 0 amide bonds. The maximum Gasteiger partial charge on any atom is 0.126 e. The molecular formula is C24H22O2. The van der Waals surface area contributed by atoms with Crippen molar-refractivity contribution in [3.05, 3.63) is 82.9 Å². The van der Waals surface area contributed by atoms with Gasteiger partial charge in [0.15, 0.2) is 0 Å². The fraction of sp³-hybridized carbons (Fsp3) is 0.167. The zero-order valence-corrected chi connectivity index (χ0v) is 15.2. The van der Waals surface area contributed by atoms with Gasteiger partial charge in [0.05, 0.1) is 0 Å². The number of hydrogen-bond acceptors (Lipinski definition) is 2. The van der Waals surface area contributed by atoms with E-state index >= 15 is 0 Å². The molecule has 0 aromatic heterocycles. The molecule has 0 spiro atoms. The third-order valence-corrected chi connectivity index (χ3v) is 5.56. The van der Waals surface area contributed by atoms with Crippen LogP contribution in [0.1, 0.15) is 35.1 Å². The number of benzene rings is 4. The Morgan fingerprint density at radius 3 is 1.46 bits per heavy atom. The van der Waals surface area contributed by atoms with Gasteiger partial charge in [-0.05, 0) is 46.9 Å². The Morgan fingerprint density at radius 1 is 0.654 bits per heavy atom. The lowest BCUT2D eigenvalue weighted by atomic mass is 9.84. The molecule has 0 aliphatic rings. The first-order valence-corrected chi connectivity index (χ1v) is 8.91. The van der Waals surface area contributed by atoms with Crippen molar-refractivity contribution in [2.75, 3.05) is 0 Å².